The van der Waals surface area contributed by atoms with Crippen LogP contribution in [0.15, 0.2) is 40.8 Å². The van der Waals surface area contributed by atoms with Crippen molar-refractivity contribution in [2.24, 2.45) is 0 Å². The molecule has 0 aliphatic rings. The average Bonchev–Trinajstić information content (AvgIpc) is 2.89. The number of nitrogens with two attached hydrogens (primary N) is 1. The number of hydrogen-bond donors (Lipinski definition) is 1. The van der Waals surface area contributed by atoms with Crippen molar-refractivity contribution in [1.29, 1.82) is 0 Å². The molecule has 5 heteroatoms. The number of nitrogens with zero attached hydrogens (tertiary/aromatic N) is 1. The Balaban J connectivity index is 2.18. The summed E-state index contributed by atoms with van der Waals surface area (Å²) in [6.07, 6.45) is 0. The topological polar surface area (TPSA) is 70.5 Å². The fraction of sp³-hybridized carbons (Fsp3) is 0.133. The minimum atomic E-state index is 0.473. The van der Waals surface area contributed by atoms with Gasteiger partial charge in [-0.1, -0.05) is 0 Å². The van der Waals surface area contributed by atoms with Gasteiger partial charge in [-0.3, -0.25) is 0 Å². The molecule has 0 radical (unpaired) electrons. The normalized spacial score (nSPS) is 10.7. The summed E-state index contributed by atoms with van der Waals surface area (Å²) in [5, 5.41) is 0. The molecule has 20 heavy (non-hydrogen) atoms. The number of benzene rings is 2. The first-order valence-corrected chi connectivity index (χ1v) is 6.09. The molecule has 3 aromatic rings. The lowest BCUT2D eigenvalue weighted by atomic mass is 10.2. The van der Waals surface area contributed by atoms with Crippen LogP contribution in [0.5, 0.6) is 11.5 Å². The van der Waals surface area contributed by atoms with Crippen molar-refractivity contribution in [2.45, 2.75) is 0 Å². The van der Waals surface area contributed by atoms with E-state index in [1.165, 1.54) is 0 Å². The molecule has 1 aromatic heterocycles. The molecule has 1 heterocycles. The highest BCUT2D eigenvalue weighted by Crippen LogP contribution is 2.34. The van der Waals surface area contributed by atoms with E-state index >= 15 is 0 Å². The maximum Gasteiger partial charge on any atom is 0.231 e. The van der Waals surface area contributed by atoms with Crippen LogP contribution < -0.4 is 15.2 Å². The zero-order valence-electron chi connectivity index (χ0n) is 11.2. The third-order valence-corrected chi connectivity index (χ3v) is 3.05. The number of fused-ring (bicyclic) bond motifs is 1. The second kappa shape index (κ2) is 4.77. The Labute approximate surface area is 115 Å². The largest absolute Gasteiger partial charge is 0.497 e. The molecule has 0 atom stereocenters. The van der Waals surface area contributed by atoms with Crippen molar-refractivity contribution >= 4 is 16.8 Å². The van der Waals surface area contributed by atoms with E-state index in [9.17, 15) is 0 Å². The highest BCUT2D eigenvalue weighted by Gasteiger charge is 2.14. The molecule has 0 unspecified atom stereocenters. The van der Waals surface area contributed by atoms with E-state index < -0.39 is 0 Å². The van der Waals surface area contributed by atoms with Gasteiger partial charge in [-0.15, -0.1) is 0 Å². The van der Waals surface area contributed by atoms with Gasteiger partial charge in [-0.2, -0.15) is 0 Å². The summed E-state index contributed by atoms with van der Waals surface area (Å²) in [6.45, 7) is 0. The van der Waals surface area contributed by atoms with Gasteiger partial charge in [0.2, 0.25) is 5.89 Å². The summed E-state index contributed by atoms with van der Waals surface area (Å²) in [6, 6.07) is 10.8. The van der Waals surface area contributed by atoms with E-state index in [2.05, 4.69) is 4.98 Å². The van der Waals surface area contributed by atoms with E-state index in [0.29, 0.717) is 28.7 Å². The first-order valence-electron chi connectivity index (χ1n) is 6.09. The molecule has 0 fully saturated rings. The summed E-state index contributed by atoms with van der Waals surface area (Å²) in [7, 11) is 3.21. The molecule has 0 bridgehead atoms. The Bertz CT molecular complexity index is 765. The third-order valence-electron chi connectivity index (χ3n) is 3.05. The monoisotopic (exact) mass is 270 g/mol. The second-order valence-corrected chi connectivity index (χ2v) is 4.31. The van der Waals surface area contributed by atoms with Crippen molar-refractivity contribution in [3.05, 3.63) is 36.4 Å². The van der Waals surface area contributed by atoms with Crippen LogP contribution in [0.2, 0.25) is 0 Å². The van der Waals surface area contributed by atoms with Crippen LogP contribution in [0.3, 0.4) is 0 Å². The Morgan fingerprint density at radius 1 is 1.05 bits per heavy atom. The molecular formula is C15H14N2O3. The molecular weight excluding hydrogens is 256 g/mol. The Morgan fingerprint density at radius 3 is 2.65 bits per heavy atom. The molecule has 0 spiro atoms. The standard InChI is InChI=1S/C15H14N2O3/c1-18-10-4-6-13(19-2)11(8-10)15-17-12-5-3-9(16)7-14(12)20-15/h3-8H,16H2,1-2H3. The molecule has 2 N–H and O–H groups in total. The zero-order chi connectivity index (χ0) is 14.1. The van der Waals surface area contributed by atoms with Crippen LogP contribution in [0, 0.1) is 0 Å². The quantitative estimate of drug-likeness (QED) is 0.740. The second-order valence-electron chi connectivity index (χ2n) is 4.31. The molecule has 0 saturated carbocycles. The van der Waals surface area contributed by atoms with E-state index in [1.54, 1.807) is 26.4 Å². The lowest BCUT2D eigenvalue weighted by Crippen LogP contribution is -1.90. The van der Waals surface area contributed by atoms with Crippen LogP contribution in [-0.4, -0.2) is 19.2 Å². The molecule has 5 nitrogen and oxygen atoms in total. The lowest BCUT2D eigenvalue weighted by molar-refractivity contribution is 0.403. The molecule has 0 aliphatic heterocycles. The van der Waals surface area contributed by atoms with Crippen LogP contribution in [0.1, 0.15) is 0 Å². The van der Waals surface area contributed by atoms with E-state index in [0.717, 1.165) is 11.1 Å². The van der Waals surface area contributed by atoms with E-state index in [-0.39, 0.29) is 0 Å². The van der Waals surface area contributed by atoms with Gasteiger partial charge in [0.15, 0.2) is 5.58 Å². The number of ether oxygens (including phenoxy) is 2. The van der Waals surface area contributed by atoms with Gasteiger partial charge in [-0.05, 0) is 30.3 Å². The fourth-order valence-corrected chi connectivity index (χ4v) is 2.04. The minimum absolute atomic E-state index is 0.473. The fourth-order valence-electron chi connectivity index (χ4n) is 2.04. The summed E-state index contributed by atoms with van der Waals surface area (Å²) >= 11 is 0. The molecule has 2 aromatic carbocycles. The van der Waals surface area contributed by atoms with Crippen molar-refractivity contribution in [2.75, 3.05) is 20.0 Å². The van der Waals surface area contributed by atoms with Gasteiger partial charge in [-0.25, -0.2) is 4.98 Å². The first-order chi connectivity index (χ1) is 9.71. The van der Waals surface area contributed by atoms with E-state index in [4.69, 9.17) is 19.6 Å². The van der Waals surface area contributed by atoms with Crippen LogP contribution >= 0.6 is 0 Å². The highest BCUT2D eigenvalue weighted by molar-refractivity contribution is 5.80. The summed E-state index contributed by atoms with van der Waals surface area (Å²) < 4.78 is 16.3. The predicted molar refractivity (Wildman–Crippen MR) is 77.0 cm³/mol. The number of anilines is 1. The van der Waals surface area contributed by atoms with Crippen molar-refractivity contribution in [3.63, 3.8) is 0 Å². The first kappa shape index (κ1) is 12.3. The highest BCUT2D eigenvalue weighted by atomic mass is 16.5. The average molecular weight is 270 g/mol. The Morgan fingerprint density at radius 2 is 1.90 bits per heavy atom. The lowest BCUT2D eigenvalue weighted by Gasteiger charge is -2.07. The molecule has 0 saturated heterocycles. The van der Waals surface area contributed by atoms with Gasteiger partial charge < -0.3 is 19.6 Å². The van der Waals surface area contributed by atoms with Crippen molar-refractivity contribution in [1.82, 2.24) is 4.98 Å². The molecule has 102 valence electrons. The van der Waals surface area contributed by atoms with Gasteiger partial charge in [0.25, 0.3) is 0 Å². The van der Waals surface area contributed by atoms with E-state index in [1.807, 2.05) is 24.3 Å². The van der Waals surface area contributed by atoms with Gasteiger partial charge in [0.1, 0.15) is 17.0 Å². The molecule has 3 rings (SSSR count). The van der Waals surface area contributed by atoms with Crippen molar-refractivity contribution < 1.29 is 13.9 Å². The number of hydrogen-bond acceptors (Lipinski definition) is 5. The molecule has 0 amide bonds. The van der Waals surface area contributed by atoms with Gasteiger partial charge in [0.05, 0.1) is 19.8 Å². The Hall–Kier alpha value is -2.69. The number of aromatic nitrogens is 1. The maximum atomic E-state index is 5.75. The summed E-state index contributed by atoms with van der Waals surface area (Å²) in [4.78, 5) is 4.45. The van der Waals surface area contributed by atoms with Crippen LogP contribution in [0.4, 0.5) is 5.69 Å². The van der Waals surface area contributed by atoms with Crippen molar-refractivity contribution in [3.8, 4) is 23.0 Å². The summed E-state index contributed by atoms with van der Waals surface area (Å²) in [5.74, 6) is 1.86. The third kappa shape index (κ3) is 2.03. The SMILES string of the molecule is COc1ccc(OC)c(-c2nc3ccc(N)cc3o2)c1. The summed E-state index contributed by atoms with van der Waals surface area (Å²) in [5.41, 5.74) is 8.51. The van der Waals surface area contributed by atoms with Crippen LogP contribution in [0.25, 0.3) is 22.6 Å². The minimum Gasteiger partial charge on any atom is -0.497 e. The van der Waals surface area contributed by atoms with Gasteiger partial charge in [0, 0.05) is 11.8 Å². The van der Waals surface area contributed by atoms with Gasteiger partial charge >= 0.3 is 0 Å². The number of oxazole rings is 1. The predicted octanol–water partition coefficient (Wildman–Crippen LogP) is 3.09. The number of rotatable bonds is 3. The Kier molecular flexibility index (Phi) is 2.95. The number of nitrogen functional groups attached to an aromatic ring is 1. The van der Waals surface area contributed by atoms with Crippen LogP contribution in [-0.2, 0) is 0 Å². The zero-order valence-corrected chi connectivity index (χ0v) is 11.2. The number of methoxy groups -OCH3 is 2. The maximum absolute atomic E-state index is 5.75. The smallest absolute Gasteiger partial charge is 0.231 e. The molecule has 0 aliphatic carbocycles.